The van der Waals surface area contributed by atoms with E-state index in [9.17, 15) is 9.59 Å². The molecular weight excluding hydrogens is 210 g/mol. The summed E-state index contributed by atoms with van der Waals surface area (Å²) < 4.78 is 0. The molecule has 1 heterocycles. The summed E-state index contributed by atoms with van der Waals surface area (Å²) in [6, 6.07) is 0. The van der Waals surface area contributed by atoms with Crippen molar-refractivity contribution in [2.24, 2.45) is 11.8 Å². The number of carbonyl (C=O) groups excluding carboxylic acids is 1. The Bertz CT molecular complexity index is 427. The largest absolute Gasteiger partial charge is 0.481 e. The third-order valence-electron chi connectivity index (χ3n) is 2.79. The molecule has 1 aliphatic rings. The number of aromatic amines is 1. The highest BCUT2D eigenvalue weighted by Crippen LogP contribution is 2.39. The van der Waals surface area contributed by atoms with Crippen LogP contribution in [0, 0.1) is 11.8 Å². The van der Waals surface area contributed by atoms with Crippen molar-refractivity contribution in [3.05, 3.63) is 11.8 Å². The summed E-state index contributed by atoms with van der Waals surface area (Å²) >= 11 is 0. The Morgan fingerprint density at radius 3 is 2.94 bits per heavy atom. The van der Waals surface area contributed by atoms with Crippen LogP contribution in [0.3, 0.4) is 0 Å². The highest BCUT2D eigenvalue weighted by Gasteiger charge is 2.48. The topological polar surface area (TPSA) is 95.1 Å². The Balaban J connectivity index is 1.96. The van der Waals surface area contributed by atoms with Crippen LogP contribution < -0.4 is 5.32 Å². The number of aliphatic carboxylic acids is 1. The lowest BCUT2D eigenvalue weighted by Gasteiger charge is -2.03. The molecule has 0 aliphatic heterocycles. The quantitative estimate of drug-likeness (QED) is 0.697. The third kappa shape index (κ3) is 1.91. The van der Waals surface area contributed by atoms with E-state index in [0.29, 0.717) is 12.2 Å². The van der Waals surface area contributed by atoms with Crippen molar-refractivity contribution in [1.29, 1.82) is 0 Å². The zero-order valence-electron chi connectivity index (χ0n) is 8.86. The SMILES string of the molecule is CCc1cn[nH]c1NC(=O)C1CC1C(=O)O. The second kappa shape index (κ2) is 3.96. The highest BCUT2D eigenvalue weighted by atomic mass is 16.4. The molecule has 1 amide bonds. The van der Waals surface area contributed by atoms with Crippen LogP contribution >= 0.6 is 0 Å². The number of hydrogen-bond acceptors (Lipinski definition) is 3. The molecule has 86 valence electrons. The van der Waals surface area contributed by atoms with E-state index in [1.165, 1.54) is 0 Å². The molecular formula is C10H13N3O3. The summed E-state index contributed by atoms with van der Waals surface area (Å²) in [5.74, 6) is -1.49. The maximum Gasteiger partial charge on any atom is 0.307 e. The fourth-order valence-corrected chi connectivity index (χ4v) is 1.66. The van der Waals surface area contributed by atoms with Crippen molar-refractivity contribution >= 4 is 17.7 Å². The summed E-state index contributed by atoms with van der Waals surface area (Å²) in [5, 5.41) is 17.9. The fourth-order valence-electron chi connectivity index (χ4n) is 1.66. The maximum absolute atomic E-state index is 11.6. The minimum atomic E-state index is -0.902. The minimum absolute atomic E-state index is 0.244. The first-order valence-electron chi connectivity index (χ1n) is 5.19. The number of carbonyl (C=O) groups is 2. The van der Waals surface area contributed by atoms with Crippen molar-refractivity contribution in [2.75, 3.05) is 5.32 Å². The Morgan fingerprint density at radius 2 is 2.38 bits per heavy atom. The van der Waals surface area contributed by atoms with Crippen molar-refractivity contribution in [2.45, 2.75) is 19.8 Å². The van der Waals surface area contributed by atoms with Crippen LogP contribution in [0.15, 0.2) is 6.20 Å². The van der Waals surface area contributed by atoms with E-state index in [1.807, 2.05) is 6.92 Å². The second-order valence-corrected chi connectivity index (χ2v) is 3.90. The third-order valence-corrected chi connectivity index (χ3v) is 2.79. The molecule has 1 aliphatic carbocycles. The molecule has 0 radical (unpaired) electrons. The molecule has 1 aromatic rings. The molecule has 0 saturated heterocycles. The highest BCUT2D eigenvalue weighted by molar-refractivity contribution is 5.98. The summed E-state index contributed by atoms with van der Waals surface area (Å²) in [6.45, 7) is 1.96. The molecule has 16 heavy (non-hydrogen) atoms. The number of rotatable bonds is 4. The molecule has 1 aromatic heterocycles. The summed E-state index contributed by atoms with van der Waals surface area (Å²) in [6.07, 6.45) is 2.84. The fraction of sp³-hybridized carbons (Fsp3) is 0.500. The number of carboxylic acid groups (broad SMARTS) is 1. The van der Waals surface area contributed by atoms with Gasteiger partial charge in [-0.2, -0.15) is 5.10 Å². The lowest BCUT2D eigenvalue weighted by atomic mass is 10.2. The number of H-pyrrole nitrogens is 1. The lowest BCUT2D eigenvalue weighted by molar-refractivity contribution is -0.139. The van der Waals surface area contributed by atoms with Gasteiger partial charge in [-0.25, -0.2) is 0 Å². The number of hydrogen-bond donors (Lipinski definition) is 3. The van der Waals surface area contributed by atoms with Gasteiger partial charge in [0.25, 0.3) is 0 Å². The zero-order valence-corrected chi connectivity index (χ0v) is 8.86. The van der Waals surface area contributed by atoms with Gasteiger partial charge in [0.15, 0.2) is 0 Å². The van der Waals surface area contributed by atoms with Crippen molar-refractivity contribution in [3.8, 4) is 0 Å². The smallest absolute Gasteiger partial charge is 0.307 e. The molecule has 2 atom stereocenters. The van der Waals surface area contributed by atoms with Crippen LogP contribution in [0.1, 0.15) is 18.9 Å². The van der Waals surface area contributed by atoms with E-state index >= 15 is 0 Å². The lowest BCUT2D eigenvalue weighted by Crippen LogP contribution is -2.17. The average molecular weight is 223 g/mol. The summed E-state index contributed by atoms with van der Waals surface area (Å²) in [4.78, 5) is 22.2. The predicted molar refractivity (Wildman–Crippen MR) is 55.8 cm³/mol. The van der Waals surface area contributed by atoms with Gasteiger partial charge in [-0.15, -0.1) is 0 Å². The number of anilines is 1. The van der Waals surface area contributed by atoms with Crippen LogP contribution in [-0.2, 0) is 16.0 Å². The number of nitrogens with zero attached hydrogens (tertiary/aromatic N) is 1. The Labute approximate surface area is 92.0 Å². The number of carboxylic acids is 1. The summed E-state index contributed by atoms with van der Waals surface area (Å²) in [5.41, 5.74) is 0.917. The monoisotopic (exact) mass is 223 g/mol. The van der Waals surface area contributed by atoms with Gasteiger partial charge in [0, 0.05) is 5.56 Å². The molecule has 6 nitrogen and oxygen atoms in total. The number of aryl methyl sites for hydroxylation is 1. The van der Waals surface area contributed by atoms with E-state index < -0.39 is 17.8 Å². The molecule has 0 spiro atoms. The molecule has 0 aromatic carbocycles. The van der Waals surface area contributed by atoms with Crippen LogP contribution in [0.5, 0.6) is 0 Å². The standard InChI is InChI=1S/C10H13N3O3/c1-2-5-4-11-13-8(5)12-9(14)6-3-7(6)10(15)16/h4,6-7H,2-3H2,1H3,(H,15,16)(H2,11,12,13,14). The Hall–Kier alpha value is -1.85. The Kier molecular flexibility index (Phi) is 2.64. The van der Waals surface area contributed by atoms with Gasteiger partial charge in [-0.3, -0.25) is 14.7 Å². The molecule has 6 heteroatoms. The number of nitrogens with one attached hydrogen (secondary N) is 2. The van der Waals surface area contributed by atoms with Gasteiger partial charge in [0.05, 0.1) is 18.0 Å². The second-order valence-electron chi connectivity index (χ2n) is 3.90. The van der Waals surface area contributed by atoms with Crippen molar-refractivity contribution < 1.29 is 14.7 Å². The first-order chi connectivity index (χ1) is 7.63. The summed E-state index contributed by atoms with van der Waals surface area (Å²) in [7, 11) is 0. The first kappa shape index (κ1) is 10.7. The molecule has 3 N–H and O–H groups in total. The molecule has 2 rings (SSSR count). The molecule has 1 saturated carbocycles. The van der Waals surface area contributed by atoms with E-state index in [2.05, 4.69) is 15.5 Å². The van der Waals surface area contributed by atoms with Gasteiger partial charge in [-0.05, 0) is 12.8 Å². The van der Waals surface area contributed by atoms with E-state index in [4.69, 9.17) is 5.11 Å². The van der Waals surface area contributed by atoms with Gasteiger partial charge in [0.2, 0.25) is 5.91 Å². The van der Waals surface area contributed by atoms with Gasteiger partial charge in [0.1, 0.15) is 5.82 Å². The van der Waals surface area contributed by atoms with E-state index in [0.717, 1.165) is 12.0 Å². The van der Waals surface area contributed by atoms with Crippen LogP contribution in [0.25, 0.3) is 0 Å². The van der Waals surface area contributed by atoms with E-state index in [1.54, 1.807) is 6.20 Å². The zero-order chi connectivity index (χ0) is 11.7. The average Bonchev–Trinajstić information content (AvgIpc) is 2.94. The maximum atomic E-state index is 11.6. The molecule has 1 fully saturated rings. The number of aromatic nitrogens is 2. The Morgan fingerprint density at radius 1 is 1.62 bits per heavy atom. The minimum Gasteiger partial charge on any atom is -0.481 e. The molecule has 0 bridgehead atoms. The van der Waals surface area contributed by atoms with Gasteiger partial charge < -0.3 is 10.4 Å². The normalized spacial score (nSPS) is 22.8. The molecule has 2 unspecified atom stereocenters. The first-order valence-corrected chi connectivity index (χ1v) is 5.19. The predicted octanol–water partition coefficient (Wildman–Crippen LogP) is 0.631. The van der Waals surface area contributed by atoms with E-state index in [-0.39, 0.29) is 5.91 Å². The van der Waals surface area contributed by atoms with Crippen LogP contribution in [0.2, 0.25) is 0 Å². The number of amides is 1. The van der Waals surface area contributed by atoms with Crippen molar-refractivity contribution in [1.82, 2.24) is 10.2 Å². The van der Waals surface area contributed by atoms with Crippen LogP contribution in [-0.4, -0.2) is 27.2 Å². The van der Waals surface area contributed by atoms with Crippen LogP contribution in [0.4, 0.5) is 5.82 Å². The van der Waals surface area contributed by atoms with Gasteiger partial charge >= 0.3 is 5.97 Å². The van der Waals surface area contributed by atoms with Gasteiger partial charge in [-0.1, -0.05) is 6.92 Å². The van der Waals surface area contributed by atoms with Crippen molar-refractivity contribution in [3.63, 3.8) is 0 Å².